The van der Waals surface area contributed by atoms with Crippen molar-refractivity contribution in [3.8, 4) is 0 Å². The zero-order valence-electron chi connectivity index (χ0n) is 11.2. The van der Waals surface area contributed by atoms with E-state index in [1.165, 1.54) is 24.3 Å². The Labute approximate surface area is 119 Å². The van der Waals surface area contributed by atoms with Gasteiger partial charge in [-0.2, -0.15) is 0 Å². The highest BCUT2D eigenvalue weighted by Gasteiger charge is 2.30. The van der Waals surface area contributed by atoms with E-state index in [-0.39, 0.29) is 30.4 Å². The van der Waals surface area contributed by atoms with Crippen LogP contribution < -0.4 is 0 Å². The fourth-order valence-corrected chi connectivity index (χ4v) is 1.74. The summed E-state index contributed by atoms with van der Waals surface area (Å²) in [5.74, 6) is -0.730. The second-order valence-electron chi connectivity index (χ2n) is 4.60. The molecule has 0 saturated carbocycles. The van der Waals surface area contributed by atoms with Gasteiger partial charge in [-0.05, 0) is 12.1 Å². The minimum absolute atomic E-state index is 0.0904. The van der Waals surface area contributed by atoms with Crippen LogP contribution in [-0.4, -0.2) is 36.4 Å². The zero-order chi connectivity index (χ0) is 15.4. The molecule has 0 aromatic heterocycles. The number of hydrogen-bond donors (Lipinski definition) is 0. The highest BCUT2D eigenvalue weighted by molar-refractivity contribution is 5.89. The number of rotatable bonds is 4. The van der Waals surface area contributed by atoms with E-state index in [0.29, 0.717) is 0 Å². The van der Waals surface area contributed by atoms with E-state index >= 15 is 0 Å². The summed E-state index contributed by atoms with van der Waals surface area (Å²) >= 11 is 0. The van der Waals surface area contributed by atoms with Crippen LogP contribution in [0.4, 0.5) is 10.5 Å². The quantitative estimate of drug-likeness (QED) is 0.474. The predicted molar refractivity (Wildman–Crippen MR) is 68.8 cm³/mol. The molecule has 1 aromatic carbocycles. The molecule has 1 fully saturated rings. The fraction of sp³-hybridized carbons (Fsp3) is 0.385. The lowest BCUT2D eigenvalue weighted by atomic mass is 10.1. The average Bonchev–Trinajstić information content (AvgIpc) is 2.48. The lowest BCUT2D eigenvalue weighted by Gasteiger charge is -2.27. The molecule has 1 aliphatic heterocycles. The summed E-state index contributed by atoms with van der Waals surface area (Å²) in [6.45, 7) is 1.92. The van der Waals surface area contributed by atoms with Crippen LogP contribution in [-0.2, 0) is 14.2 Å². The SMILES string of the molecule is CC1COC(=O)OC1COC(=O)c1ccc([N+](=O)[O-])cc1. The maximum atomic E-state index is 11.8. The zero-order valence-corrected chi connectivity index (χ0v) is 11.2. The third-order valence-electron chi connectivity index (χ3n) is 3.04. The van der Waals surface area contributed by atoms with Crippen LogP contribution in [0.25, 0.3) is 0 Å². The Morgan fingerprint density at radius 3 is 2.71 bits per heavy atom. The van der Waals surface area contributed by atoms with Crippen LogP contribution in [0.15, 0.2) is 24.3 Å². The van der Waals surface area contributed by atoms with Gasteiger partial charge in [-0.15, -0.1) is 0 Å². The fourth-order valence-electron chi connectivity index (χ4n) is 1.74. The maximum absolute atomic E-state index is 11.8. The highest BCUT2D eigenvalue weighted by Crippen LogP contribution is 2.17. The first-order valence-electron chi connectivity index (χ1n) is 6.22. The van der Waals surface area contributed by atoms with Gasteiger partial charge in [0, 0.05) is 18.1 Å². The second-order valence-corrected chi connectivity index (χ2v) is 4.60. The minimum Gasteiger partial charge on any atom is -0.458 e. The monoisotopic (exact) mass is 295 g/mol. The van der Waals surface area contributed by atoms with Crippen molar-refractivity contribution in [2.75, 3.05) is 13.2 Å². The van der Waals surface area contributed by atoms with Crippen molar-refractivity contribution in [2.24, 2.45) is 5.92 Å². The third-order valence-corrected chi connectivity index (χ3v) is 3.04. The van der Waals surface area contributed by atoms with Crippen LogP contribution in [0.5, 0.6) is 0 Å². The number of carbonyl (C=O) groups excluding carboxylic acids is 2. The molecule has 1 aliphatic rings. The Morgan fingerprint density at radius 1 is 1.43 bits per heavy atom. The van der Waals surface area contributed by atoms with Crippen molar-refractivity contribution < 1.29 is 28.7 Å². The molecule has 0 amide bonds. The number of benzene rings is 1. The van der Waals surface area contributed by atoms with E-state index in [1.54, 1.807) is 6.92 Å². The van der Waals surface area contributed by atoms with Gasteiger partial charge in [0.2, 0.25) is 0 Å². The molecule has 0 radical (unpaired) electrons. The first-order valence-corrected chi connectivity index (χ1v) is 6.22. The molecular formula is C13H13NO7. The molecule has 1 heterocycles. The molecule has 21 heavy (non-hydrogen) atoms. The summed E-state index contributed by atoms with van der Waals surface area (Å²) in [6.07, 6.45) is -1.35. The minimum atomic E-state index is -0.788. The number of nitro groups is 1. The van der Waals surface area contributed by atoms with Crippen LogP contribution >= 0.6 is 0 Å². The summed E-state index contributed by atoms with van der Waals surface area (Å²) in [7, 11) is 0. The van der Waals surface area contributed by atoms with E-state index in [2.05, 4.69) is 4.74 Å². The highest BCUT2D eigenvalue weighted by atomic mass is 16.7. The van der Waals surface area contributed by atoms with Gasteiger partial charge in [0.15, 0.2) is 0 Å². The molecule has 8 nitrogen and oxygen atoms in total. The Hall–Kier alpha value is -2.64. The van der Waals surface area contributed by atoms with E-state index in [9.17, 15) is 19.7 Å². The van der Waals surface area contributed by atoms with E-state index in [0.717, 1.165) is 0 Å². The Morgan fingerprint density at radius 2 is 2.10 bits per heavy atom. The topological polar surface area (TPSA) is 105 Å². The van der Waals surface area contributed by atoms with Crippen LogP contribution in [0.1, 0.15) is 17.3 Å². The summed E-state index contributed by atoms with van der Waals surface area (Å²) in [5.41, 5.74) is 0.0742. The standard InChI is InChI=1S/C13H13NO7/c1-8-6-20-13(16)21-11(8)7-19-12(15)9-2-4-10(5-3-9)14(17)18/h2-5,8,11H,6-7H2,1H3. The Kier molecular flexibility index (Phi) is 4.36. The van der Waals surface area contributed by atoms with Crippen molar-refractivity contribution >= 4 is 17.8 Å². The van der Waals surface area contributed by atoms with Gasteiger partial charge in [0.05, 0.1) is 10.5 Å². The van der Waals surface area contributed by atoms with Crippen molar-refractivity contribution in [1.82, 2.24) is 0 Å². The maximum Gasteiger partial charge on any atom is 0.508 e. The van der Waals surface area contributed by atoms with Gasteiger partial charge in [-0.1, -0.05) is 6.92 Å². The van der Waals surface area contributed by atoms with E-state index < -0.39 is 23.2 Å². The first kappa shape index (κ1) is 14.8. The van der Waals surface area contributed by atoms with Gasteiger partial charge in [0.1, 0.15) is 19.3 Å². The number of nitrogens with zero attached hydrogens (tertiary/aromatic N) is 1. The normalized spacial score (nSPS) is 21.1. The molecule has 1 saturated heterocycles. The summed E-state index contributed by atoms with van der Waals surface area (Å²) in [4.78, 5) is 32.7. The lowest BCUT2D eigenvalue weighted by molar-refractivity contribution is -0.384. The lowest BCUT2D eigenvalue weighted by Crippen LogP contribution is -2.38. The van der Waals surface area contributed by atoms with Crippen molar-refractivity contribution in [2.45, 2.75) is 13.0 Å². The van der Waals surface area contributed by atoms with Gasteiger partial charge >= 0.3 is 12.1 Å². The Bertz CT molecular complexity index is 554. The molecule has 8 heteroatoms. The molecule has 112 valence electrons. The molecule has 2 unspecified atom stereocenters. The summed E-state index contributed by atoms with van der Waals surface area (Å²) in [6, 6.07) is 5.04. The summed E-state index contributed by atoms with van der Waals surface area (Å²) in [5, 5.41) is 10.5. The van der Waals surface area contributed by atoms with Crippen molar-refractivity contribution in [3.05, 3.63) is 39.9 Å². The molecule has 2 atom stereocenters. The van der Waals surface area contributed by atoms with Crippen LogP contribution in [0.3, 0.4) is 0 Å². The summed E-state index contributed by atoms with van der Waals surface area (Å²) < 4.78 is 14.6. The Balaban J connectivity index is 1.92. The molecule has 2 rings (SSSR count). The number of non-ortho nitro benzene ring substituents is 1. The number of esters is 1. The number of carbonyl (C=O) groups is 2. The first-order chi connectivity index (χ1) is 9.97. The predicted octanol–water partition coefficient (Wildman–Crippen LogP) is 1.92. The third kappa shape index (κ3) is 3.68. The molecule has 1 aromatic rings. The number of hydrogen-bond acceptors (Lipinski definition) is 7. The molecule has 0 bridgehead atoms. The van der Waals surface area contributed by atoms with Crippen LogP contribution in [0, 0.1) is 16.0 Å². The van der Waals surface area contributed by atoms with Crippen LogP contribution in [0.2, 0.25) is 0 Å². The van der Waals surface area contributed by atoms with Gasteiger partial charge < -0.3 is 14.2 Å². The second kappa shape index (κ2) is 6.21. The van der Waals surface area contributed by atoms with E-state index in [4.69, 9.17) is 9.47 Å². The van der Waals surface area contributed by atoms with Crippen molar-refractivity contribution in [3.63, 3.8) is 0 Å². The molecular weight excluding hydrogens is 282 g/mol. The number of ether oxygens (including phenoxy) is 3. The molecule has 0 spiro atoms. The van der Waals surface area contributed by atoms with E-state index in [1.807, 2.05) is 0 Å². The average molecular weight is 295 g/mol. The number of cyclic esters (lactones) is 2. The smallest absolute Gasteiger partial charge is 0.458 e. The molecule has 0 aliphatic carbocycles. The largest absolute Gasteiger partial charge is 0.508 e. The van der Waals surface area contributed by atoms with Gasteiger partial charge in [-0.3, -0.25) is 10.1 Å². The molecule has 0 N–H and O–H groups in total. The van der Waals surface area contributed by atoms with Gasteiger partial charge in [-0.25, -0.2) is 9.59 Å². The number of nitro benzene ring substituents is 1. The van der Waals surface area contributed by atoms with Crippen molar-refractivity contribution in [1.29, 1.82) is 0 Å². The van der Waals surface area contributed by atoms with Gasteiger partial charge in [0.25, 0.3) is 5.69 Å².